The van der Waals surface area contributed by atoms with Crippen LogP contribution in [0.2, 0.25) is 0 Å². The third-order valence-electron chi connectivity index (χ3n) is 8.68. The lowest BCUT2D eigenvalue weighted by Crippen LogP contribution is -2.43. The number of piperidine rings is 1. The van der Waals surface area contributed by atoms with Crippen LogP contribution in [0, 0.1) is 6.92 Å². The van der Waals surface area contributed by atoms with E-state index >= 15 is 0 Å². The first-order valence-corrected chi connectivity index (χ1v) is 14.9. The number of rotatable bonds is 10. The monoisotopic (exact) mass is 549 g/mol. The number of benzene rings is 3. The van der Waals surface area contributed by atoms with Gasteiger partial charge in [-0.3, -0.25) is 4.79 Å². The minimum absolute atomic E-state index is 0.0464. The van der Waals surface area contributed by atoms with E-state index in [4.69, 9.17) is 9.26 Å². The number of aromatic nitrogens is 1. The molecule has 2 heterocycles. The molecule has 0 amide bonds. The lowest BCUT2D eigenvalue weighted by atomic mass is 9.91. The van der Waals surface area contributed by atoms with Gasteiger partial charge in [-0.15, -0.1) is 0 Å². The molecule has 0 radical (unpaired) electrons. The molecular weight excluding hydrogens is 510 g/mol. The lowest BCUT2D eigenvalue weighted by Gasteiger charge is -2.36. The number of hydrogen-bond acceptors (Lipinski definition) is 6. The Bertz CT molecular complexity index is 1450. The minimum atomic E-state index is -0.103. The number of hydrogen-bond donors (Lipinski definition) is 1. The molecule has 2 aliphatic rings. The second kappa shape index (κ2) is 11.9. The SMILES string of the molecule is CCOC(=O)CC1(c2ccc(-c3ccc(-c4onc(C)c4N(Cc4ccccc4)C4CCNCC4)cc3)cc2)CC1. The fourth-order valence-electron chi connectivity index (χ4n) is 6.22. The van der Waals surface area contributed by atoms with Gasteiger partial charge in [0.1, 0.15) is 11.4 Å². The Hall–Kier alpha value is -3.90. The standard InChI is InChI=1S/C35H39N3O3/c1-3-40-32(39)23-35(19-20-35)30-15-13-28(14-16-30)27-9-11-29(12-10-27)34-33(25(2)37-41-34)38(31-17-21-36-22-18-31)24-26-7-5-4-6-8-26/h4-16,31,36H,3,17-24H2,1-2H3. The smallest absolute Gasteiger partial charge is 0.306 e. The summed E-state index contributed by atoms with van der Waals surface area (Å²) in [4.78, 5) is 14.6. The number of aryl methyl sites for hydroxylation is 1. The van der Waals surface area contributed by atoms with E-state index in [2.05, 4.69) is 94.2 Å². The highest BCUT2D eigenvalue weighted by Gasteiger charge is 2.46. The van der Waals surface area contributed by atoms with Crippen molar-refractivity contribution in [1.82, 2.24) is 10.5 Å². The molecule has 3 aromatic carbocycles. The fraction of sp³-hybridized carbons (Fsp3) is 0.371. The van der Waals surface area contributed by atoms with Gasteiger partial charge in [0.2, 0.25) is 0 Å². The molecule has 6 heteroatoms. The molecule has 2 fully saturated rings. The predicted molar refractivity (Wildman–Crippen MR) is 163 cm³/mol. The topological polar surface area (TPSA) is 67.6 Å². The summed E-state index contributed by atoms with van der Waals surface area (Å²) in [5, 5.41) is 7.94. The molecule has 4 aromatic rings. The van der Waals surface area contributed by atoms with Gasteiger partial charge in [-0.1, -0.05) is 84.0 Å². The van der Waals surface area contributed by atoms with E-state index in [1.54, 1.807) is 0 Å². The summed E-state index contributed by atoms with van der Waals surface area (Å²) in [6.07, 6.45) is 4.72. The van der Waals surface area contributed by atoms with E-state index in [9.17, 15) is 4.79 Å². The van der Waals surface area contributed by atoms with Gasteiger partial charge in [0.15, 0.2) is 5.76 Å². The average molecular weight is 550 g/mol. The third kappa shape index (κ3) is 5.94. The number of nitrogens with one attached hydrogen (secondary N) is 1. The Morgan fingerprint density at radius 1 is 0.951 bits per heavy atom. The zero-order chi connectivity index (χ0) is 28.2. The van der Waals surface area contributed by atoms with Crippen LogP contribution in [-0.2, 0) is 21.5 Å². The Labute approximate surface area is 242 Å². The molecule has 212 valence electrons. The molecular formula is C35H39N3O3. The van der Waals surface area contributed by atoms with Crippen LogP contribution >= 0.6 is 0 Å². The molecule has 1 saturated carbocycles. The van der Waals surface area contributed by atoms with E-state index in [0.717, 1.165) is 79.1 Å². The van der Waals surface area contributed by atoms with Crippen molar-refractivity contribution in [1.29, 1.82) is 0 Å². The van der Waals surface area contributed by atoms with Gasteiger partial charge in [0, 0.05) is 23.6 Å². The first-order valence-electron chi connectivity index (χ1n) is 14.9. The van der Waals surface area contributed by atoms with Crippen LogP contribution in [0.4, 0.5) is 5.69 Å². The van der Waals surface area contributed by atoms with Gasteiger partial charge < -0.3 is 19.5 Å². The van der Waals surface area contributed by atoms with E-state index in [1.807, 2.05) is 13.8 Å². The number of esters is 1. The summed E-state index contributed by atoms with van der Waals surface area (Å²) in [6, 6.07) is 28.3. The molecule has 1 saturated heterocycles. The average Bonchev–Trinajstić information content (AvgIpc) is 3.70. The molecule has 0 unspecified atom stereocenters. The van der Waals surface area contributed by atoms with E-state index in [-0.39, 0.29) is 11.4 Å². The highest BCUT2D eigenvalue weighted by molar-refractivity contribution is 5.78. The quantitative estimate of drug-likeness (QED) is 0.214. The molecule has 41 heavy (non-hydrogen) atoms. The van der Waals surface area contributed by atoms with Crippen LogP contribution in [0.3, 0.4) is 0 Å². The van der Waals surface area contributed by atoms with Crippen molar-refractivity contribution in [2.75, 3.05) is 24.6 Å². The van der Waals surface area contributed by atoms with Crippen LogP contribution < -0.4 is 10.2 Å². The highest BCUT2D eigenvalue weighted by atomic mass is 16.5. The zero-order valence-electron chi connectivity index (χ0n) is 24.1. The van der Waals surface area contributed by atoms with Crippen molar-refractivity contribution in [3.63, 3.8) is 0 Å². The van der Waals surface area contributed by atoms with Crippen molar-refractivity contribution in [3.8, 4) is 22.5 Å². The second-order valence-corrected chi connectivity index (χ2v) is 11.5. The summed E-state index contributed by atoms with van der Waals surface area (Å²) < 4.78 is 11.2. The van der Waals surface area contributed by atoms with E-state index < -0.39 is 0 Å². The van der Waals surface area contributed by atoms with Gasteiger partial charge in [-0.25, -0.2) is 0 Å². The maximum Gasteiger partial charge on any atom is 0.306 e. The largest absolute Gasteiger partial charge is 0.466 e. The maximum absolute atomic E-state index is 12.1. The van der Waals surface area contributed by atoms with Crippen LogP contribution in [0.15, 0.2) is 83.4 Å². The van der Waals surface area contributed by atoms with Gasteiger partial charge in [0.05, 0.1) is 13.0 Å². The normalized spacial score (nSPS) is 16.3. The number of carbonyl (C=O) groups excluding carboxylic acids is 1. The van der Waals surface area contributed by atoms with Gasteiger partial charge in [-0.2, -0.15) is 0 Å². The fourth-order valence-corrected chi connectivity index (χ4v) is 6.22. The van der Waals surface area contributed by atoms with Crippen molar-refractivity contribution >= 4 is 11.7 Å². The molecule has 6 nitrogen and oxygen atoms in total. The molecule has 1 aliphatic heterocycles. The Balaban J connectivity index is 1.24. The molecule has 0 spiro atoms. The maximum atomic E-state index is 12.1. The Kier molecular flexibility index (Phi) is 7.93. The van der Waals surface area contributed by atoms with Crippen LogP contribution in [0.1, 0.15) is 55.8 Å². The highest BCUT2D eigenvalue weighted by Crippen LogP contribution is 2.51. The van der Waals surface area contributed by atoms with Crippen LogP contribution in [0.25, 0.3) is 22.5 Å². The van der Waals surface area contributed by atoms with Crippen molar-refractivity contribution in [2.45, 2.75) is 64.0 Å². The van der Waals surface area contributed by atoms with Crippen molar-refractivity contribution in [2.24, 2.45) is 0 Å². The van der Waals surface area contributed by atoms with Crippen molar-refractivity contribution in [3.05, 3.63) is 95.7 Å². The summed E-state index contributed by atoms with van der Waals surface area (Å²) in [7, 11) is 0. The zero-order valence-corrected chi connectivity index (χ0v) is 24.1. The molecule has 1 N–H and O–H groups in total. The number of carbonyl (C=O) groups is 1. The second-order valence-electron chi connectivity index (χ2n) is 11.5. The van der Waals surface area contributed by atoms with Crippen LogP contribution in [-0.4, -0.2) is 36.9 Å². The summed E-state index contributed by atoms with van der Waals surface area (Å²) in [6.45, 7) is 7.20. The summed E-state index contributed by atoms with van der Waals surface area (Å²) in [5.74, 6) is 0.725. The Morgan fingerprint density at radius 2 is 1.59 bits per heavy atom. The van der Waals surface area contributed by atoms with Gasteiger partial charge in [0.25, 0.3) is 0 Å². The molecule has 6 rings (SSSR count). The lowest BCUT2D eigenvalue weighted by molar-refractivity contribution is -0.143. The first kappa shape index (κ1) is 27.3. The van der Waals surface area contributed by atoms with E-state index in [0.29, 0.717) is 19.1 Å². The number of nitrogens with zero attached hydrogens (tertiary/aromatic N) is 2. The number of anilines is 1. The Morgan fingerprint density at radius 3 is 2.22 bits per heavy atom. The minimum Gasteiger partial charge on any atom is -0.466 e. The predicted octanol–water partition coefficient (Wildman–Crippen LogP) is 7.06. The molecule has 1 aromatic heterocycles. The summed E-state index contributed by atoms with van der Waals surface area (Å²) in [5.41, 5.74) is 7.81. The third-order valence-corrected chi connectivity index (χ3v) is 8.68. The van der Waals surface area contributed by atoms with Gasteiger partial charge in [-0.05, 0) is 74.9 Å². The van der Waals surface area contributed by atoms with Gasteiger partial charge >= 0.3 is 5.97 Å². The summed E-state index contributed by atoms with van der Waals surface area (Å²) >= 11 is 0. The molecule has 0 atom stereocenters. The first-order chi connectivity index (χ1) is 20.1. The number of ether oxygens (including phenoxy) is 1. The van der Waals surface area contributed by atoms with Crippen molar-refractivity contribution < 1.29 is 14.1 Å². The molecule has 1 aliphatic carbocycles. The van der Waals surface area contributed by atoms with E-state index in [1.165, 1.54) is 11.1 Å². The molecule has 0 bridgehead atoms. The van der Waals surface area contributed by atoms with Crippen LogP contribution in [0.5, 0.6) is 0 Å².